The molecule has 0 unspecified atom stereocenters. The Labute approximate surface area is 112 Å². The van der Waals surface area contributed by atoms with E-state index >= 15 is 0 Å². The molecule has 1 amide bonds. The molecule has 1 rings (SSSR count). The van der Waals surface area contributed by atoms with E-state index in [0.29, 0.717) is 6.42 Å². The number of rotatable bonds is 6. The van der Waals surface area contributed by atoms with Crippen LogP contribution in [0.3, 0.4) is 0 Å². The Morgan fingerprint density at radius 1 is 1.47 bits per heavy atom. The van der Waals surface area contributed by atoms with Crippen LogP contribution in [-0.4, -0.2) is 43.8 Å². The monoisotopic (exact) mass is 286 g/mol. The smallest absolute Gasteiger partial charge is 0.245 e. The lowest BCUT2D eigenvalue weighted by molar-refractivity contribution is -0.120. The van der Waals surface area contributed by atoms with Crippen LogP contribution in [-0.2, 0) is 14.8 Å². The van der Waals surface area contributed by atoms with Crippen LogP contribution in [0, 0.1) is 0 Å². The van der Waals surface area contributed by atoms with Gasteiger partial charge >= 0.3 is 0 Å². The molecule has 0 aliphatic rings. The average Bonchev–Trinajstić information content (AvgIpc) is 2.38. The number of nitrogens with one attached hydrogen (secondary N) is 1. The number of hydrogen-bond acceptors (Lipinski definition) is 5. The number of amides is 1. The summed E-state index contributed by atoms with van der Waals surface area (Å²) in [6.07, 6.45) is 1.80. The Bertz CT molecular complexity index is 527. The van der Waals surface area contributed by atoms with Gasteiger partial charge in [-0.2, -0.15) is 4.31 Å². The van der Waals surface area contributed by atoms with Gasteiger partial charge in [0.15, 0.2) is 0 Å². The van der Waals surface area contributed by atoms with Crippen molar-refractivity contribution in [2.75, 3.05) is 25.9 Å². The normalized spacial score (nSPS) is 11.5. The molecule has 0 radical (unpaired) electrons. The molecule has 0 fully saturated rings. The third kappa shape index (κ3) is 3.90. The van der Waals surface area contributed by atoms with E-state index < -0.39 is 10.0 Å². The van der Waals surface area contributed by atoms with Gasteiger partial charge in [0.05, 0.1) is 6.54 Å². The second-order valence-electron chi connectivity index (χ2n) is 3.93. The molecule has 0 saturated heterocycles. The molecule has 8 heteroatoms. The Morgan fingerprint density at radius 3 is 2.63 bits per heavy atom. The fourth-order valence-corrected chi connectivity index (χ4v) is 2.90. The molecule has 0 aliphatic heterocycles. The second kappa shape index (κ2) is 6.48. The van der Waals surface area contributed by atoms with Gasteiger partial charge in [0.1, 0.15) is 10.7 Å². The van der Waals surface area contributed by atoms with E-state index in [-0.39, 0.29) is 29.7 Å². The molecule has 1 aromatic heterocycles. The van der Waals surface area contributed by atoms with Gasteiger partial charge in [-0.1, -0.05) is 6.92 Å². The third-order valence-corrected chi connectivity index (χ3v) is 4.30. The molecule has 3 N–H and O–H groups in total. The molecule has 0 aromatic carbocycles. The predicted octanol–water partition coefficient (Wildman–Crippen LogP) is -0.189. The van der Waals surface area contributed by atoms with E-state index in [4.69, 9.17) is 5.73 Å². The summed E-state index contributed by atoms with van der Waals surface area (Å²) in [5, 5.41) is 2.41. The van der Waals surface area contributed by atoms with Gasteiger partial charge < -0.3 is 11.1 Å². The van der Waals surface area contributed by atoms with Gasteiger partial charge in [0.2, 0.25) is 15.9 Å². The summed E-state index contributed by atoms with van der Waals surface area (Å²) in [6.45, 7) is 1.89. The molecule has 0 saturated carbocycles. The second-order valence-corrected chi connectivity index (χ2v) is 5.87. The summed E-state index contributed by atoms with van der Waals surface area (Å²) in [5.41, 5.74) is 5.42. The standard InChI is InChI=1S/C11H18N4O3S/c1-3-6-15(8-11(16)13-2)19(17,18)9-4-5-10(12)14-7-9/h4-5,7H,3,6,8H2,1-2H3,(H2,12,14)(H,13,16). The highest BCUT2D eigenvalue weighted by molar-refractivity contribution is 7.89. The van der Waals surface area contributed by atoms with Crippen molar-refractivity contribution >= 4 is 21.7 Å². The van der Waals surface area contributed by atoms with Crippen molar-refractivity contribution in [1.82, 2.24) is 14.6 Å². The molecule has 0 aliphatic carbocycles. The zero-order chi connectivity index (χ0) is 14.5. The SMILES string of the molecule is CCCN(CC(=O)NC)S(=O)(=O)c1ccc(N)nc1. The van der Waals surface area contributed by atoms with E-state index in [1.54, 1.807) is 0 Å². The van der Waals surface area contributed by atoms with Crippen LogP contribution in [0.5, 0.6) is 0 Å². The molecular formula is C11H18N4O3S. The molecule has 106 valence electrons. The number of hydrogen-bond donors (Lipinski definition) is 2. The van der Waals surface area contributed by atoms with Gasteiger partial charge in [-0.25, -0.2) is 13.4 Å². The van der Waals surface area contributed by atoms with E-state index in [1.807, 2.05) is 6.92 Å². The Morgan fingerprint density at radius 2 is 2.16 bits per heavy atom. The Balaban J connectivity index is 3.05. The minimum absolute atomic E-state index is 0.0269. The van der Waals surface area contributed by atoms with Crippen molar-refractivity contribution in [3.63, 3.8) is 0 Å². The largest absolute Gasteiger partial charge is 0.384 e. The number of anilines is 1. The lowest BCUT2D eigenvalue weighted by atomic mass is 10.4. The van der Waals surface area contributed by atoms with E-state index in [0.717, 1.165) is 4.31 Å². The summed E-state index contributed by atoms with van der Waals surface area (Å²) < 4.78 is 25.8. The lowest BCUT2D eigenvalue weighted by Gasteiger charge is -2.20. The van der Waals surface area contributed by atoms with Gasteiger partial charge in [0, 0.05) is 19.8 Å². The van der Waals surface area contributed by atoms with E-state index in [9.17, 15) is 13.2 Å². The minimum Gasteiger partial charge on any atom is -0.384 e. The maximum absolute atomic E-state index is 12.4. The maximum atomic E-state index is 12.4. The first-order chi connectivity index (χ1) is 8.91. The highest BCUT2D eigenvalue weighted by Gasteiger charge is 2.25. The number of nitrogens with two attached hydrogens (primary N) is 1. The number of carbonyl (C=O) groups excluding carboxylic acids is 1. The van der Waals surface area contributed by atoms with Crippen LogP contribution < -0.4 is 11.1 Å². The van der Waals surface area contributed by atoms with Gasteiger partial charge in [-0.05, 0) is 18.6 Å². The highest BCUT2D eigenvalue weighted by atomic mass is 32.2. The van der Waals surface area contributed by atoms with Gasteiger partial charge in [0.25, 0.3) is 0 Å². The quantitative estimate of drug-likeness (QED) is 0.754. The summed E-state index contributed by atoms with van der Waals surface area (Å²) >= 11 is 0. The van der Waals surface area contributed by atoms with Crippen LogP contribution in [0.1, 0.15) is 13.3 Å². The van der Waals surface area contributed by atoms with Crippen LogP contribution >= 0.6 is 0 Å². The average molecular weight is 286 g/mol. The van der Waals surface area contributed by atoms with Gasteiger partial charge in [-0.3, -0.25) is 4.79 Å². The molecule has 7 nitrogen and oxygen atoms in total. The van der Waals surface area contributed by atoms with Crippen molar-refractivity contribution < 1.29 is 13.2 Å². The molecule has 19 heavy (non-hydrogen) atoms. The first-order valence-corrected chi connectivity index (χ1v) is 7.28. The Hall–Kier alpha value is -1.67. The van der Waals surface area contributed by atoms with Crippen molar-refractivity contribution in [2.24, 2.45) is 0 Å². The number of aromatic nitrogens is 1. The maximum Gasteiger partial charge on any atom is 0.245 e. The Kier molecular flexibility index (Phi) is 5.25. The van der Waals surface area contributed by atoms with Crippen LogP contribution in [0.25, 0.3) is 0 Å². The van der Waals surface area contributed by atoms with E-state index in [1.165, 1.54) is 25.4 Å². The minimum atomic E-state index is -3.73. The number of likely N-dealkylation sites (N-methyl/N-ethyl adjacent to an activating group) is 1. The molecule has 0 atom stereocenters. The highest BCUT2D eigenvalue weighted by Crippen LogP contribution is 2.15. The number of sulfonamides is 1. The molecule has 0 spiro atoms. The van der Waals surface area contributed by atoms with E-state index in [2.05, 4.69) is 10.3 Å². The summed E-state index contributed by atoms with van der Waals surface area (Å²) in [6, 6.07) is 2.79. The summed E-state index contributed by atoms with van der Waals surface area (Å²) in [5.74, 6) is -0.118. The molecule has 1 aromatic rings. The zero-order valence-corrected chi connectivity index (χ0v) is 11.8. The summed E-state index contributed by atoms with van der Waals surface area (Å²) in [7, 11) is -2.27. The van der Waals surface area contributed by atoms with Crippen LogP contribution in [0.2, 0.25) is 0 Å². The fourth-order valence-electron chi connectivity index (χ4n) is 1.47. The zero-order valence-electron chi connectivity index (χ0n) is 11.0. The lowest BCUT2D eigenvalue weighted by Crippen LogP contribution is -2.40. The predicted molar refractivity (Wildman–Crippen MR) is 71.8 cm³/mol. The van der Waals surface area contributed by atoms with Gasteiger partial charge in [-0.15, -0.1) is 0 Å². The molecule has 1 heterocycles. The molecular weight excluding hydrogens is 268 g/mol. The number of nitrogens with zero attached hydrogens (tertiary/aromatic N) is 2. The first-order valence-electron chi connectivity index (χ1n) is 5.84. The van der Waals surface area contributed by atoms with Crippen molar-refractivity contribution in [3.05, 3.63) is 18.3 Å². The number of carbonyl (C=O) groups is 1. The first kappa shape index (κ1) is 15.4. The van der Waals surface area contributed by atoms with Crippen LogP contribution in [0.15, 0.2) is 23.2 Å². The van der Waals surface area contributed by atoms with Crippen molar-refractivity contribution in [1.29, 1.82) is 0 Å². The van der Waals surface area contributed by atoms with Crippen LogP contribution in [0.4, 0.5) is 5.82 Å². The summed E-state index contributed by atoms with van der Waals surface area (Å²) in [4.78, 5) is 15.2. The van der Waals surface area contributed by atoms with Crippen molar-refractivity contribution in [3.8, 4) is 0 Å². The topological polar surface area (TPSA) is 105 Å². The number of nitrogen functional groups attached to an aromatic ring is 1. The third-order valence-electron chi connectivity index (χ3n) is 2.47. The van der Waals surface area contributed by atoms with Crippen molar-refractivity contribution in [2.45, 2.75) is 18.2 Å². The fraction of sp³-hybridized carbons (Fsp3) is 0.455. The number of pyridine rings is 1. The molecule has 0 bridgehead atoms.